The molecule has 0 N–H and O–H groups in total. The van der Waals surface area contributed by atoms with E-state index < -0.39 is 16.0 Å². The molecule has 0 amide bonds. The molecule has 10 heteroatoms. The Bertz CT molecular complexity index is 1050. The number of carbonyl (C=O) groups is 1. The fraction of sp³-hybridized carbons (Fsp3) is 0.350. The summed E-state index contributed by atoms with van der Waals surface area (Å²) in [6.07, 6.45) is 0. The topological polar surface area (TPSA) is 101 Å². The molecule has 1 heterocycles. The van der Waals surface area contributed by atoms with Crippen molar-refractivity contribution in [3.63, 3.8) is 0 Å². The van der Waals surface area contributed by atoms with Gasteiger partial charge in [-0.15, -0.1) is 0 Å². The molecule has 0 atom stereocenters. The summed E-state index contributed by atoms with van der Waals surface area (Å²) in [5.74, 6) is 0.663. The second-order valence-electron chi connectivity index (χ2n) is 6.19. The molecule has 0 radical (unpaired) electrons. The van der Waals surface area contributed by atoms with Crippen molar-refractivity contribution in [3.8, 4) is 23.0 Å². The van der Waals surface area contributed by atoms with Gasteiger partial charge in [-0.3, -0.25) is 4.31 Å². The molecular formula is C20H23NO8S. The summed E-state index contributed by atoms with van der Waals surface area (Å²) < 4.78 is 54.4. The average Bonchev–Trinajstić information content (AvgIpc) is 2.78. The molecule has 0 saturated heterocycles. The van der Waals surface area contributed by atoms with Gasteiger partial charge in [0.2, 0.25) is 0 Å². The largest absolute Gasteiger partial charge is 0.493 e. The van der Waals surface area contributed by atoms with Crippen LogP contribution < -0.4 is 23.3 Å². The molecular weight excluding hydrogens is 414 g/mol. The number of rotatable bonds is 7. The van der Waals surface area contributed by atoms with Gasteiger partial charge in [-0.2, -0.15) is 0 Å². The fourth-order valence-electron chi connectivity index (χ4n) is 3.13. The number of benzene rings is 2. The molecule has 0 spiro atoms. The number of hydrogen-bond donors (Lipinski definition) is 0. The summed E-state index contributed by atoms with van der Waals surface area (Å²) in [6, 6.07) is 7.21. The molecule has 30 heavy (non-hydrogen) atoms. The minimum atomic E-state index is -4.05. The molecule has 2 aromatic carbocycles. The van der Waals surface area contributed by atoms with E-state index in [4.69, 9.17) is 23.7 Å². The smallest absolute Gasteiger partial charge is 0.340 e. The Morgan fingerprint density at radius 3 is 2.23 bits per heavy atom. The molecule has 0 unspecified atom stereocenters. The molecule has 2 aromatic rings. The van der Waals surface area contributed by atoms with E-state index in [1.807, 2.05) is 0 Å². The maximum absolute atomic E-state index is 13.5. The highest BCUT2D eigenvalue weighted by Crippen LogP contribution is 2.39. The summed E-state index contributed by atoms with van der Waals surface area (Å²) in [5.41, 5.74) is 0.134. The summed E-state index contributed by atoms with van der Waals surface area (Å²) in [7, 11) is 0.00430. The van der Waals surface area contributed by atoms with Crippen LogP contribution in [0.2, 0.25) is 0 Å². The standard InChI is InChI=1S/C20H23NO8S/c1-5-21(15-12-18(26-3)17(25-2)11-14(15)20(22)27-4)30(23,24)13-6-7-16-19(10-13)29-9-8-28-16/h6-7,10-12H,5,8-9H2,1-4H3. The number of ether oxygens (including phenoxy) is 5. The van der Waals surface area contributed by atoms with E-state index in [1.165, 1.54) is 45.6 Å². The van der Waals surface area contributed by atoms with Crippen LogP contribution in [0.4, 0.5) is 5.69 Å². The van der Waals surface area contributed by atoms with Gasteiger partial charge < -0.3 is 23.7 Å². The minimum absolute atomic E-state index is 0.000740. The summed E-state index contributed by atoms with van der Waals surface area (Å²) in [6.45, 7) is 2.44. The van der Waals surface area contributed by atoms with Gasteiger partial charge in [0.05, 0.1) is 37.5 Å². The van der Waals surface area contributed by atoms with E-state index >= 15 is 0 Å². The number of sulfonamides is 1. The molecule has 0 aliphatic carbocycles. The van der Waals surface area contributed by atoms with Crippen molar-refractivity contribution >= 4 is 21.7 Å². The first-order chi connectivity index (χ1) is 14.4. The number of carbonyl (C=O) groups excluding carboxylic acids is 1. The number of anilines is 1. The molecule has 0 aromatic heterocycles. The van der Waals surface area contributed by atoms with E-state index in [1.54, 1.807) is 13.0 Å². The lowest BCUT2D eigenvalue weighted by Gasteiger charge is -2.26. The normalized spacial score (nSPS) is 12.8. The van der Waals surface area contributed by atoms with Crippen LogP contribution in [0.3, 0.4) is 0 Å². The summed E-state index contributed by atoms with van der Waals surface area (Å²) in [4.78, 5) is 12.4. The van der Waals surface area contributed by atoms with E-state index in [-0.39, 0.29) is 34.2 Å². The van der Waals surface area contributed by atoms with Gasteiger partial charge in [-0.1, -0.05) is 0 Å². The zero-order valence-electron chi connectivity index (χ0n) is 17.1. The van der Waals surface area contributed by atoms with E-state index in [9.17, 15) is 13.2 Å². The highest BCUT2D eigenvalue weighted by atomic mass is 32.2. The molecule has 0 fully saturated rings. The molecule has 0 bridgehead atoms. The molecule has 1 aliphatic heterocycles. The lowest BCUT2D eigenvalue weighted by molar-refractivity contribution is 0.0601. The highest BCUT2D eigenvalue weighted by Gasteiger charge is 2.30. The van der Waals surface area contributed by atoms with Crippen molar-refractivity contribution in [2.45, 2.75) is 11.8 Å². The van der Waals surface area contributed by atoms with Crippen LogP contribution in [-0.2, 0) is 14.8 Å². The van der Waals surface area contributed by atoms with Gasteiger partial charge >= 0.3 is 5.97 Å². The predicted octanol–water partition coefficient (Wildman–Crippen LogP) is 2.48. The maximum atomic E-state index is 13.5. The lowest BCUT2D eigenvalue weighted by atomic mass is 10.1. The van der Waals surface area contributed by atoms with Crippen molar-refractivity contribution in [2.24, 2.45) is 0 Å². The number of esters is 1. The van der Waals surface area contributed by atoms with Crippen LogP contribution in [0.1, 0.15) is 17.3 Å². The van der Waals surface area contributed by atoms with Crippen LogP contribution in [-0.4, -0.2) is 55.5 Å². The van der Waals surface area contributed by atoms with Crippen molar-refractivity contribution in [3.05, 3.63) is 35.9 Å². The second-order valence-corrected chi connectivity index (χ2v) is 8.05. The average molecular weight is 437 g/mol. The van der Waals surface area contributed by atoms with Gasteiger partial charge in [-0.05, 0) is 19.1 Å². The zero-order valence-corrected chi connectivity index (χ0v) is 17.9. The number of hydrogen-bond acceptors (Lipinski definition) is 8. The van der Waals surface area contributed by atoms with E-state index in [0.29, 0.717) is 24.7 Å². The van der Waals surface area contributed by atoms with Crippen LogP contribution in [0, 0.1) is 0 Å². The quantitative estimate of drug-likeness (QED) is 0.609. The van der Waals surface area contributed by atoms with Crippen molar-refractivity contribution < 1.29 is 36.9 Å². The summed E-state index contributed by atoms with van der Waals surface area (Å²) >= 11 is 0. The highest BCUT2D eigenvalue weighted by molar-refractivity contribution is 7.92. The molecule has 1 aliphatic rings. The van der Waals surface area contributed by atoms with E-state index in [0.717, 1.165) is 4.31 Å². The van der Waals surface area contributed by atoms with Crippen molar-refractivity contribution in [1.29, 1.82) is 0 Å². The Balaban J connectivity index is 2.15. The van der Waals surface area contributed by atoms with Crippen LogP contribution in [0.25, 0.3) is 0 Å². The van der Waals surface area contributed by atoms with Crippen LogP contribution >= 0.6 is 0 Å². The second kappa shape index (κ2) is 8.70. The first-order valence-corrected chi connectivity index (χ1v) is 10.6. The van der Waals surface area contributed by atoms with Gasteiger partial charge in [0.25, 0.3) is 10.0 Å². The fourth-order valence-corrected chi connectivity index (χ4v) is 4.63. The first-order valence-electron chi connectivity index (χ1n) is 9.14. The SMILES string of the molecule is CCN(c1cc(OC)c(OC)cc1C(=O)OC)S(=O)(=O)c1ccc2c(c1)OCCO2. The Hall–Kier alpha value is -3.14. The Labute approximate surface area is 175 Å². The zero-order chi connectivity index (χ0) is 21.9. The Morgan fingerprint density at radius 1 is 1.00 bits per heavy atom. The minimum Gasteiger partial charge on any atom is -0.493 e. The number of nitrogens with zero attached hydrogens (tertiary/aromatic N) is 1. The van der Waals surface area contributed by atoms with E-state index in [2.05, 4.69) is 0 Å². The molecule has 162 valence electrons. The molecule has 0 saturated carbocycles. The third kappa shape index (κ3) is 3.82. The lowest BCUT2D eigenvalue weighted by Crippen LogP contribution is -2.32. The maximum Gasteiger partial charge on any atom is 0.340 e. The monoisotopic (exact) mass is 437 g/mol. The predicted molar refractivity (Wildman–Crippen MR) is 109 cm³/mol. The Morgan fingerprint density at radius 2 is 1.63 bits per heavy atom. The first kappa shape index (κ1) is 21.6. The Kier molecular flexibility index (Phi) is 6.25. The molecule has 3 rings (SSSR count). The van der Waals surface area contributed by atoms with Crippen molar-refractivity contribution in [1.82, 2.24) is 0 Å². The third-order valence-corrected chi connectivity index (χ3v) is 6.45. The summed E-state index contributed by atoms with van der Waals surface area (Å²) in [5, 5.41) is 0. The van der Waals surface area contributed by atoms with Crippen LogP contribution in [0.15, 0.2) is 35.2 Å². The van der Waals surface area contributed by atoms with Gasteiger partial charge in [-0.25, -0.2) is 13.2 Å². The van der Waals surface area contributed by atoms with Gasteiger partial charge in [0, 0.05) is 24.7 Å². The third-order valence-electron chi connectivity index (χ3n) is 4.56. The number of fused-ring (bicyclic) bond motifs is 1. The van der Waals surface area contributed by atoms with Gasteiger partial charge in [0.1, 0.15) is 13.2 Å². The molecule has 9 nitrogen and oxygen atoms in total. The van der Waals surface area contributed by atoms with Crippen molar-refractivity contribution in [2.75, 3.05) is 45.4 Å². The van der Waals surface area contributed by atoms with Crippen LogP contribution in [0.5, 0.6) is 23.0 Å². The van der Waals surface area contributed by atoms with Gasteiger partial charge in [0.15, 0.2) is 23.0 Å². The number of methoxy groups -OCH3 is 3.